The molecule has 1 saturated carbocycles. The number of nitrogens with one attached hydrogen (secondary N) is 3. The number of nitrogens with zero attached hydrogens (tertiary/aromatic N) is 2. The average molecular weight is 602 g/mol. The molecule has 2 heterocycles. The van der Waals surface area contributed by atoms with Crippen LogP contribution in [0.15, 0.2) is 60.3 Å². The molecule has 2 aromatic rings. The summed E-state index contributed by atoms with van der Waals surface area (Å²) < 4.78 is 5.90. The Morgan fingerprint density at radius 3 is 2.55 bits per heavy atom. The molecule has 1 saturated heterocycles. The number of benzene rings is 2. The van der Waals surface area contributed by atoms with E-state index in [0.717, 1.165) is 37.8 Å². The minimum absolute atomic E-state index is 0.00877. The van der Waals surface area contributed by atoms with Crippen LogP contribution in [0.3, 0.4) is 0 Å². The van der Waals surface area contributed by atoms with Gasteiger partial charge in [0.2, 0.25) is 5.91 Å². The molecular formula is C36H51N5O3. The molecule has 0 bridgehead atoms. The number of anilines is 1. The lowest BCUT2D eigenvalue weighted by Gasteiger charge is -2.40. The third kappa shape index (κ3) is 7.23. The van der Waals surface area contributed by atoms with Gasteiger partial charge in [0.1, 0.15) is 11.8 Å². The zero-order chi connectivity index (χ0) is 31.3. The first-order valence-electron chi connectivity index (χ1n) is 16.5. The van der Waals surface area contributed by atoms with E-state index in [1.165, 1.54) is 24.0 Å². The van der Waals surface area contributed by atoms with E-state index in [2.05, 4.69) is 65.2 Å². The van der Waals surface area contributed by atoms with Crippen molar-refractivity contribution >= 4 is 17.6 Å². The second kappa shape index (κ2) is 14.1. The van der Waals surface area contributed by atoms with Gasteiger partial charge >= 0.3 is 6.03 Å². The Kier molecular flexibility index (Phi) is 10.2. The standard InChI is InChI=1S/C36H51N5O3/c1-6-44-32-16-15-26(24-40(4)5)22-31(32)38-34(42)33(25(2)29-23-37-36(3)19-11-10-14-30(29)36)39-35(43)41-20-17-28(18-21-41)27-12-8-7-9-13-27/h7-9,12-13,15-16,22-23,25,28,30,33,37H,6,10-11,14,17-21,24H2,1-5H3,(H,38,42)(H,39,43)/t25-,30?,33+,36?/m1/s1. The quantitative estimate of drug-likeness (QED) is 0.306. The van der Waals surface area contributed by atoms with Crippen LogP contribution in [-0.4, -0.2) is 67.1 Å². The van der Waals surface area contributed by atoms with Gasteiger partial charge in [-0.05, 0) is 94.6 Å². The summed E-state index contributed by atoms with van der Waals surface area (Å²) >= 11 is 0. The summed E-state index contributed by atoms with van der Waals surface area (Å²) in [7, 11) is 4.04. The molecule has 2 aliphatic heterocycles. The highest BCUT2D eigenvalue weighted by molar-refractivity contribution is 5.98. The van der Waals surface area contributed by atoms with Crippen molar-refractivity contribution in [3.63, 3.8) is 0 Å². The number of carbonyl (C=O) groups excluding carboxylic acids is 2. The fourth-order valence-corrected chi connectivity index (χ4v) is 7.44. The van der Waals surface area contributed by atoms with Gasteiger partial charge in [-0.25, -0.2) is 4.79 Å². The summed E-state index contributed by atoms with van der Waals surface area (Å²) in [5.74, 6) is 1.02. The van der Waals surface area contributed by atoms with Crippen LogP contribution >= 0.6 is 0 Å². The number of rotatable bonds is 10. The molecule has 8 nitrogen and oxygen atoms in total. The van der Waals surface area contributed by atoms with Crippen molar-refractivity contribution in [1.29, 1.82) is 0 Å². The molecule has 4 atom stereocenters. The van der Waals surface area contributed by atoms with E-state index in [-0.39, 0.29) is 23.4 Å². The van der Waals surface area contributed by atoms with Gasteiger partial charge in [0, 0.05) is 37.0 Å². The molecule has 3 N–H and O–H groups in total. The van der Waals surface area contributed by atoms with Gasteiger partial charge in [0.15, 0.2) is 0 Å². The zero-order valence-corrected chi connectivity index (χ0v) is 27.2. The first-order chi connectivity index (χ1) is 21.2. The van der Waals surface area contributed by atoms with Crippen molar-refractivity contribution in [2.24, 2.45) is 11.8 Å². The van der Waals surface area contributed by atoms with Gasteiger partial charge in [0.05, 0.1) is 12.3 Å². The van der Waals surface area contributed by atoms with Gasteiger partial charge in [-0.15, -0.1) is 0 Å². The molecule has 0 radical (unpaired) electrons. The molecular weight excluding hydrogens is 550 g/mol. The highest BCUT2D eigenvalue weighted by atomic mass is 16.5. The molecule has 3 amide bonds. The van der Waals surface area contributed by atoms with E-state index in [4.69, 9.17) is 4.74 Å². The second-order valence-electron chi connectivity index (χ2n) is 13.4. The van der Waals surface area contributed by atoms with Crippen LogP contribution in [-0.2, 0) is 11.3 Å². The normalized spacial score (nSPS) is 23.3. The highest BCUT2D eigenvalue weighted by Gasteiger charge is 2.45. The summed E-state index contributed by atoms with van der Waals surface area (Å²) in [5, 5.41) is 10.0. The highest BCUT2D eigenvalue weighted by Crippen LogP contribution is 2.45. The summed E-state index contributed by atoms with van der Waals surface area (Å²) in [6.07, 6.45) is 8.55. The fraction of sp³-hybridized carbons (Fsp3) is 0.556. The molecule has 0 aromatic heterocycles. The molecule has 5 rings (SSSR count). The molecule has 0 spiro atoms. The molecule has 2 unspecified atom stereocenters. The third-order valence-electron chi connectivity index (χ3n) is 9.92. The first-order valence-corrected chi connectivity index (χ1v) is 16.5. The average Bonchev–Trinajstić information content (AvgIpc) is 3.38. The summed E-state index contributed by atoms with van der Waals surface area (Å²) in [5.41, 5.74) is 4.27. The van der Waals surface area contributed by atoms with Crippen LogP contribution in [0, 0.1) is 11.8 Å². The summed E-state index contributed by atoms with van der Waals surface area (Å²) in [6.45, 7) is 8.88. The van der Waals surface area contributed by atoms with Crippen molar-refractivity contribution in [1.82, 2.24) is 20.4 Å². The SMILES string of the molecule is CCOc1ccc(CN(C)C)cc1NC(=O)[C@@H](NC(=O)N1CCC(c2ccccc2)CC1)[C@H](C)C1=CNC2(C)CCCCC12. The first kappa shape index (κ1) is 31.9. The number of fused-ring (bicyclic) bond motifs is 1. The Morgan fingerprint density at radius 1 is 1.09 bits per heavy atom. The van der Waals surface area contributed by atoms with Crippen molar-refractivity contribution in [2.75, 3.05) is 39.1 Å². The molecule has 2 fully saturated rings. The Bertz CT molecular complexity index is 1320. The maximum Gasteiger partial charge on any atom is 0.318 e. The van der Waals surface area contributed by atoms with Crippen molar-refractivity contribution in [2.45, 2.75) is 83.3 Å². The smallest absolute Gasteiger partial charge is 0.318 e. The van der Waals surface area contributed by atoms with Crippen LogP contribution in [0.1, 0.15) is 76.3 Å². The van der Waals surface area contributed by atoms with E-state index in [1.807, 2.05) is 50.2 Å². The van der Waals surface area contributed by atoms with Crippen LogP contribution in [0.5, 0.6) is 5.75 Å². The lowest BCUT2D eigenvalue weighted by molar-refractivity contribution is -0.118. The van der Waals surface area contributed by atoms with Crippen LogP contribution in [0.4, 0.5) is 10.5 Å². The summed E-state index contributed by atoms with van der Waals surface area (Å²) in [4.78, 5) is 32.0. The number of hydrogen-bond acceptors (Lipinski definition) is 5. The minimum Gasteiger partial charge on any atom is -0.492 e. The zero-order valence-electron chi connectivity index (χ0n) is 27.2. The van der Waals surface area contributed by atoms with Gasteiger partial charge in [0.25, 0.3) is 0 Å². The molecule has 8 heteroatoms. The fourth-order valence-electron chi connectivity index (χ4n) is 7.44. The van der Waals surface area contributed by atoms with E-state index in [0.29, 0.717) is 43.0 Å². The maximum atomic E-state index is 14.2. The lowest BCUT2D eigenvalue weighted by atomic mass is 9.69. The molecule has 238 valence electrons. The van der Waals surface area contributed by atoms with Crippen molar-refractivity contribution in [3.8, 4) is 5.75 Å². The Hall–Kier alpha value is -3.52. The molecule has 1 aliphatic carbocycles. The van der Waals surface area contributed by atoms with E-state index in [9.17, 15) is 9.59 Å². The van der Waals surface area contributed by atoms with E-state index in [1.54, 1.807) is 0 Å². The predicted molar refractivity (Wildman–Crippen MR) is 177 cm³/mol. The molecule has 3 aliphatic rings. The van der Waals surface area contributed by atoms with Crippen LogP contribution < -0.4 is 20.7 Å². The van der Waals surface area contributed by atoms with Gasteiger partial charge in [-0.2, -0.15) is 0 Å². The number of carbonyl (C=O) groups is 2. The molecule has 44 heavy (non-hydrogen) atoms. The van der Waals surface area contributed by atoms with Crippen LogP contribution in [0.2, 0.25) is 0 Å². The number of hydrogen-bond donors (Lipinski definition) is 3. The van der Waals surface area contributed by atoms with Crippen LogP contribution in [0.25, 0.3) is 0 Å². The molecule has 2 aromatic carbocycles. The topological polar surface area (TPSA) is 85.9 Å². The van der Waals surface area contributed by atoms with Gasteiger partial charge in [-0.1, -0.05) is 56.2 Å². The predicted octanol–water partition coefficient (Wildman–Crippen LogP) is 6.12. The van der Waals surface area contributed by atoms with Crippen molar-refractivity contribution < 1.29 is 14.3 Å². The third-order valence-corrected chi connectivity index (χ3v) is 9.92. The Morgan fingerprint density at radius 2 is 1.84 bits per heavy atom. The van der Waals surface area contributed by atoms with E-state index >= 15 is 0 Å². The summed E-state index contributed by atoms with van der Waals surface area (Å²) in [6, 6.07) is 15.6. The number of piperidine rings is 1. The second-order valence-corrected chi connectivity index (χ2v) is 13.4. The Balaban J connectivity index is 1.36. The number of ether oxygens (including phenoxy) is 1. The number of amides is 3. The monoisotopic (exact) mass is 601 g/mol. The number of likely N-dealkylation sites (tertiary alicyclic amines) is 1. The maximum absolute atomic E-state index is 14.2. The minimum atomic E-state index is -0.737. The van der Waals surface area contributed by atoms with Gasteiger partial charge < -0.3 is 30.5 Å². The number of urea groups is 1. The Labute approximate surface area is 263 Å². The lowest BCUT2D eigenvalue weighted by Crippen LogP contribution is -2.54. The van der Waals surface area contributed by atoms with Gasteiger partial charge in [-0.3, -0.25) is 4.79 Å². The van der Waals surface area contributed by atoms with Crippen molar-refractivity contribution in [3.05, 3.63) is 71.4 Å². The largest absolute Gasteiger partial charge is 0.492 e. The van der Waals surface area contributed by atoms with E-state index < -0.39 is 6.04 Å².